The summed E-state index contributed by atoms with van der Waals surface area (Å²) in [6, 6.07) is 25.7. The van der Waals surface area contributed by atoms with Crippen LogP contribution in [0.25, 0.3) is 11.0 Å². The lowest BCUT2D eigenvalue weighted by molar-refractivity contribution is -0.121. The van der Waals surface area contributed by atoms with Crippen molar-refractivity contribution in [3.8, 4) is 0 Å². The van der Waals surface area contributed by atoms with Crippen molar-refractivity contribution >= 4 is 28.5 Å². The van der Waals surface area contributed by atoms with Crippen molar-refractivity contribution in [3.63, 3.8) is 0 Å². The van der Waals surface area contributed by atoms with Crippen molar-refractivity contribution in [2.24, 2.45) is 0 Å². The topological polar surface area (TPSA) is 46.9 Å². The highest BCUT2D eigenvalue weighted by molar-refractivity contribution is 6.31. The highest BCUT2D eigenvalue weighted by atomic mass is 35.5. The molecule has 30 heavy (non-hydrogen) atoms. The molecule has 0 fully saturated rings. The van der Waals surface area contributed by atoms with Gasteiger partial charge >= 0.3 is 0 Å². The molecule has 1 atom stereocenters. The zero-order valence-corrected chi connectivity index (χ0v) is 17.6. The molecule has 1 heterocycles. The maximum Gasteiger partial charge on any atom is 0.220 e. The Labute approximate surface area is 181 Å². The molecule has 1 amide bonds. The van der Waals surface area contributed by atoms with Gasteiger partial charge in [-0.2, -0.15) is 0 Å². The number of rotatable bonds is 7. The van der Waals surface area contributed by atoms with Crippen LogP contribution in [-0.2, 0) is 17.8 Å². The molecule has 5 heteroatoms. The Morgan fingerprint density at radius 3 is 2.50 bits per heavy atom. The number of aromatic nitrogens is 2. The number of hydrogen-bond acceptors (Lipinski definition) is 2. The summed E-state index contributed by atoms with van der Waals surface area (Å²) in [6.07, 6.45) is 1.16. The van der Waals surface area contributed by atoms with Crippen LogP contribution in [0.1, 0.15) is 36.3 Å². The largest absolute Gasteiger partial charge is 0.346 e. The molecule has 152 valence electrons. The summed E-state index contributed by atoms with van der Waals surface area (Å²) in [5.41, 5.74) is 4.11. The molecular weight excluding hydrogens is 394 g/mol. The van der Waals surface area contributed by atoms with E-state index in [0.29, 0.717) is 13.0 Å². The minimum Gasteiger partial charge on any atom is -0.346 e. The number of carbonyl (C=O) groups excluding carboxylic acids is 1. The molecule has 4 rings (SSSR count). The molecule has 0 radical (unpaired) electrons. The first-order valence-corrected chi connectivity index (χ1v) is 10.5. The Morgan fingerprint density at radius 1 is 1.00 bits per heavy atom. The van der Waals surface area contributed by atoms with Crippen LogP contribution in [0.2, 0.25) is 5.02 Å². The summed E-state index contributed by atoms with van der Waals surface area (Å²) in [5.74, 6) is 0.840. The summed E-state index contributed by atoms with van der Waals surface area (Å²) in [6.45, 7) is 2.57. The third-order valence-corrected chi connectivity index (χ3v) is 5.59. The molecular formula is C25H24ClN3O. The Kier molecular flexibility index (Phi) is 6.15. The number of nitrogens with zero attached hydrogens (tertiary/aromatic N) is 2. The van der Waals surface area contributed by atoms with E-state index in [9.17, 15) is 4.79 Å². The van der Waals surface area contributed by atoms with Gasteiger partial charge in [-0.15, -0.1) is 0 Å². The van der Waals surface area contributed by atoms with Gasteiger partial charge in [-0.25, -0.2) is 4.98 Å². The number of aryl methyl sites for hydroxylation is 1. The van der Waals surface area contributed by atoms with E-state index in [-0.39, 0.29) is 11.9 Å². The molecule has 0 aliphatic rings. The normalized spacial score (nSPS) is 12.1. The molecule has 1 aromatic heterocycles. The van der Waals surface area contributed by atoms with Gasteiger partial charge in [-0.05, 0) is 42.7 Å². The molecule has 0 bridgehead atoms. The number of imidazole rings is 1. The number of fused-ring (bicyclic) bond motifs is 1. The van der Waals surface area contributed by atoms with Crippen LogP contribution in [0.15, 0.2) is 78.9 Å². The van der Waals surface area contributed by atoms with Crippen LogP contribution >= 0.6 is 11.6 Å². The van der Waals surface area contributed by atoms with E-state index >= 15 is 0 Å². The van der Waals surface area contributed by atoms with Gasteiger partial charge in [0.05, 0.1) is 23.6 Å². The molecule has 1 N–H and O–H groups in total. The Hall–Kier alpha value is -3.11. The first kappa shape index (κ1) is 20.2. The van der Waals surface area contributed by atoms with E-state index in [2.05, 4.69) is 9.88 Å². The predicted octanol–water partition coefficient (Wildman–Crippen LogP) is 5.55. The Balaban J connectivity index is 1.55. The van der Waals surface area contributed by atoms with E-state index in [0.717, 1.165) is 39.4 Å². The van der Waals surface area contributed by atoms with E-state index in [1.165, 1.54) is 0 Å². The van der Waals surface area contributed by atoms with Crippen LogP contribution in [0.4, 0.5) is 0 Å². The van der Waals surface area contributed by atoms with E-state index in [4.69, 9.17) is 16.6 Å². The van der Waals surface area contributed by atoms with Gasteiger partial charge in [-0.1, -0.05) is 72.3 Å². The van der Waals surface area contributed by atoms with Crippen molar-refractivity contribution in [2.75, 3.05) is 0 Å². The molecule has 0 spiro atoms. The molecule has 0 saturated heterocycles. The van der Waals surface area contributed by atoms with Gasteiger partial charge in [0.2, 0.25) is 5.91 Å². The maximum atomic E-state index is 12.6. The average molecular weight is 418 g/mol. The van der Waals surface area contributed by atoms with E-state index < -0.39 is 0 Å². The highest BCUT2D eigenvalue weighted by Crippen LogP contribution is 2.24. The number of carbonyl (C=O) groups is 1. The van der Waals surface area contributed by atoms with E-state index in [1.54, 1.807) is 0 Å². The van der Waals surface area contributed by atoms with Gasteiger partial charge in [0.1, 0.15) is 5.82 Å². The van der Waals surface area contributed by atoms with Crippen molar-refractivity contribution in [1.82, 2.24) is 14.9 Å². The number of amides is 1. The number of hydrogen-bond donors (Lipinski definition) is 1. The van der Waals surface area contributed by atoms with Crippen LogP contribution in [-0.4, -0.2) is 15.5 Å². The smallest absolute Gasteiger partial charge is 0.220 e. The third-order valence-electron chi connectivity index (χ3n) is 5.22. The molecule has 4 nitrogen and oxygen atoms in total. The quantitative estimate of drug-likeness (QED) is 0.428. The molecule has 4 aromatic rings. The molecule has 3 aromatic carbocycles. The van der Waals surface area contributed by atoms with Crippen molar-refractivity contribution in [3.05, 3.63) is 101 Å². The first-order chi connectivity index (χ1) is 14.6. The fourth-order valence-electron chi connectivity index (χ4n) is 3.67. The van der Waals surface area contributed by atoms with Gasteiger partial charge in [0.25, 0.3) is 0 Å². The minimum atomic E-state index is -0.219. The molecule has 0 aliphatic carbocycles. The van der Waals surface area contributed by atoms with Crippen molar-refractivity contribution < 1.29 is 4.79 Å². The van der Waals surface area contributed by atoms with Crippen molar-refractivity contribution in [2.45, 2.75) is 32.4 Å². The summed E-state index contributed by atoms with van der Waals surface area (Å²) in [5, 5.41) is 3.84. The monoisotopic (exact) mass is 417 g/mol. The predicted molar refractivity (Wildman–Crippen MR) is 122 cm³/mol. The fraction of sp³-hybridized carbons (Fsp3) is 0.200. The lowest BCUT2D eigenvalue weighted by atomic mass is 10.1. The SMILES string of the molecule is CC(NC(=O)CCc1ccccc1)c1nc2ccccc2n1Cc1ccccc1Cl. The number of halogens is 1. The molecule has 0 saturated carbocycles. The lowest BCUT2D eigenvalue weighted by Crippen LogP contribution is -2.29. The van der Waals surface area contributed by atoms with Crippen LogP contribution < -0.4 is 5.32 Å². The highest BCUT2D eigenvalue weighted by Gasteiger charge is 2.19. The Morgan fingerprint density at radius 2 is 1.70 bits per heavy atom. The second-order valence-corrected chi connectivity index (χ2v) is 7.82. The zero-order valence-electron chi connectivity index (χ0n) is 16.9. The maximum absolute atomic E-state index is 12.6. The third kappa shape index (κ3) is 4.55. The van der Waals surface area contributed by atoms with Crippen LogP contribution in [0.3, 0.4) is 0 Å². The first-order valence-electron chi connectivity index (χ1n) is 10.1. The number of para-hydroxylation sites is 2. The van der Waals surface area contributed by atoms with Crippen LogP contribution in [0.5, 0.6) is 0 Å². The summed E-state index contributed by atoms with van der Waals surface area (Å²) >= 11 is 6.40. The average Bonchev–Trinajstić information content (AvgIpc) is 3.13. The van der Waals surface area contributed by atoms with Crippen molar-refractivity contribution in [1.29, 1.82) is 0 Å². The van der Waals surface area contributed by atoms with Gasteiger partial charge in [-0.3, -0.25) is 4.79 Å². The van der Waals surface area contributed by atoms with Crippen LogP contribution in [0, 0.1) is 0 Å². The minimum absolute atomic E-state index is 0.0164. The summed E-state index contributed by atoms with van der Waals surface area (Å²) in [4.78, 5) is 17.4. The van der Waals surface area contributed by atoms with Gasteiger partial charge in [0, 0.05) is 11.4 Å². The summed E-state index contributed by atoms with van der Waals surface area (Å²) < 4.78 is 2.14. The summed E-state index contributed by atoms with van der Waals surface area (Å²) in [7, 11) is 0. The second-order valence-electron chi connectivity index (χ2n) is 7.41. The zero-order chi connectivity index (χ0) is 20.9. The second kappa shape index (κ2) is 9.14. The van der Waals surface area contributed by atoms with Gasteiger partial charge in [0.15, 0.2) is 0 Å². The standard InChI is InChI=1S/C25H24ClN3O/c1-18(27-24(30)16-15-19-9-3-2-4-10-19)25-28-22-13-7-8-14-23(22)29(25)17-20-11-5-6-12-21(20)26/h2-14,18H,15-17H2,1H3,(H,27,30). The number of nitrogens with one attached hydrogen (secondary N) is 1. The van der Waals surface area contributed by atoms with E-state index in [1.807, 2.05) is 85.8 Å². The Bertz CT molecular complexity index is 1150. The molecule has 0 aliphatic heterocycles. The lowest BCUT2D eigenvalue weighted by Gasteiger charge is -2.17. The fourth-order valence-corrected chi connectivity index (χ4v) is 3.86. The van der Waals surface area contributed by atoms with Gasteiger partial charge < -0.3 is 9.88 Å². The molecule has 1 unspecified atom stereocenters. The number of benzene rings is 3.